The van der Waals surface area contributed by atoms with Gasteiger partial charge >= 0.3 is 0 Å². The van der Waals surface area contributed by atoms with Gasteiger partial charge in [0.2, 0.25) is 0 Å². The quantitative estimate of drug-likeness (QED) is 0.818. The number of thioether (sulfide) groups is 1. The van der Waals surface area contributed by atoms with E-state index in [1.807, 2.05) is 0 Å². The van der Waals surface area contributed by atoms with Gasteiger partial charge in [-0.1, -0.05) is 6.07 Å². The van der Waals surface area contributed by atoms with Crippen molar-refractivity contribution in [3.8, 4) is 5.75 Å². The zero-order valence-electron chi connectivity index (χ0n) is 9.74. The van der Waals surface area contributed by atoms with E-state index in [4.69, 9.17) is 10.5 Å². The van der Waals surface area contributed by atoms with Gasteiger partial charge in [0.05, 0.1) is 6.61 Å². The Kier molecular flexibility index (Phi) is 4.13. The lowest BCUT2D eigenvalue weighted by molar-refractivity contribution is 0.343. The molecule has 1 aliphatic rings. The molecule has 0 saturated heterocycles. The molecule has 1 atom stereocenters. The molecule has 1 aromatic rings. The molecule has 2 nitrogen and oxygen atoms in total. The molecule has 0 heterocycles. The van der Waals surface area contributed by atoms with Crippen molar-refractivity contribution in [1.82, 2.24) is 0 Å². The summed E-state index contributed by atoms with van der Waals surface area (Å²) in [5, 5.41) is 0. The lowest BCUT2D eigenvalue weighted by Gasteiger charge is -2.22. The molecule has 16 heavy (non-hydrogen) atoms. The zero-order valence-corrected chi connectivity index (χ0v) is 10.6. The van der Waals surface area contributed by atoms with Crippen LogP contribution in [-0.4, -0.2) is 18.6 Å². The second kappa shape index (κ2) is 5.60. The highest BCUT2D eigenvalue weighted by Crippen LogP contribution is 2.30. The summed E-state index contributed by atoms with van der Waals surface area (Å²) in [7, 11) is 0. The fourth-order valence-corrected chi connectivity index (χ4v) is 2.40. The topological polar surface area (TPSA) is 35.2 Å². The van der Waals surface area contributed by atoms with Crippen LogP contribution in [0.4, 0.5) is 0 Å². The van der Waals surface area contributed by atoms with Crippen LogP contribution in [0.25, 0.3) is 0 Å². The van der Waals surface area contributed by atoms with Gasteiger partial charge in [-0.15, -0.1) is 0 Å². The van der Waals surface area contributed by atoms with Crippen LogP contribution >= 0.6 is 11.8 Å². The first-order chi connectivity index (χ1) is 7.81. The standard InChI is InChI=1S/C13H19NOS/c1-16-8-7-15-11-6-5-10-3-2-4-13(14)12(10)9-11/h5-6,9,13H,2-4,7-8,14H2,1H3. The molecular formula is C13H19NOS. The van der Waals surface area contributed by atoms with Crippen molar-refractivity contribution in [1.29, 1.82) is 0 Å². The number of nitrogens with two attached hydrogens (primary N) is 1. The van der Waals surface area contributed by atoms with Crippen LogP contribution in [0.1, 0.15) is 30.0 Å². The van der Waals surface area contributed by atoms with E-state index in [2.05, 4.69) is 24.5 Å². The van der Waals surface area contributed by atoms with E-state index >= 15 is 0 Å². The van der Waals surface area contributed by atoms with Gasteiger partial charge < -0.3 is 10.5 Å². The Balaban J connectivity index is 2.08. The van der Waals surface area contributed by atoms with Gasteiger partial charge in [0, 0.05) is 11.8 Å². The molecule has 0 fully saturated rings. The molecule has 0 spiro atoms. The van der Waals surface area contributed by atoms with Crippen LogP contribution in [0.5, 0.6) is 5.75 Å². The number of hydrogen-bond acceptors (Lipinski definition) is 3. The normalized spacial score (nSPS) is 19.2. The predicted molar refractivity (Wildman–Crippen MR) is 70.2 cm³/mol. The molecular weight excluding hydrogens is 218 g/mol. The van der Waals surface area contributed by atoms with Gasteiger partial charge in [-0.25, -0.2) is 0 Å². The second-order valence-corrected chi connectivity index (χ2v) is 5.19. The third kappa shape index (κ3) is 2.71. The summed E-state index contributed by atoms with van der Waals surface area (Å²) in [4.78, 5) is 0. The van der Waals surface area contributed by atoms with Crippen molar-refractivity contribution in [3.05, 3.63) is 29.3 Å². The van der Waals surface area contributed by atoms with Crippen LogP contribution in [0.3, 0.4) is 0 Å². The third-order valence-electron chi connectivity index (χ3n) is 3.03. The number of aryl methyl sites for hydroxylation is 1. The van der Waals surface area contributed by atoms with Crippen molar-refractivity contribution < 1.29 is 4.74 Å². The van der Waals surface area contributed by atoms with Crippen LogP contribution in [0.2, 0.25) is 0 Å². The minimum atomic E-state index is 0.202. The van der Waals surface area contributed by atoms with Crippen LogP contribution in [0, 0.1) is 0 Å². The number of hydrogen-bond donors (Lipinski definition) is 1. The monoisotopic (exact) mass is 237 g/mol. The Labute approximate surface area is 102 Å². The van der Waals surface area contributed by atoms with Crippen molar-refractivity contribution in [2.45, 2.75) is 25.3 Å². The third-order valence-corrected chi connectivity index (χ3v) is 3.61. The average Bonchev–Trinajstić information content (AvgIpc) is 2.30. The summed E-state index contributed by atoms with van der Waals surface area (Å²) in [6.07, 6.45) is 5.56. The van der Waals surface area contributed by atoms with Crippen molar-refractivity contribution in [3.63, 3.8) is 0 Å². The summed E-state index contributed by atoms with van der Waals surface area (Å²) in [5.74, 6) is 1.99. The van der Waals surface area contributed by atoms with Gasteiger partial charge in [0.1, 0.15) is 5.75 Å². The van der Waals surface area contributed by atoms with E-state index < -0.39 is 0 Å². The lowest BCUT2D eigenvalue weighted by Crippen LogP contribution is -2.17. The fraction of sp³-hybridized carbons (Fsp3) is 0.538. The minimum Gasteiger partial charge on any atom is -0.493 e. The maximum atomic E-state index is 6.11. The molecule has 0 saturated carbocycles. The molecule has 0 radical (unpaired) electrons. The molecule has 0 aromatic heterocycles. The second-order valence-electron chi connectivity index (χ2n) is 4.20. The maximum absolute atomic E-state index is 6.11. The molecule has 0 aliphatic heterocycles. The Morgan fingerprint density at radius 3 is 3.19 bits per heavy atom. The number of benzene rings is 1. The largest absolute Gasteiger partial charge is 0.493 e. The van der Waals surface area contributed by atoms with Gasteiger partial charge in [-0.2, -0.15) is 11.8 Å². The first kappa shape index (κ1) is 11.8. The van der Waals surface area contributed by atoms with E-state index in [-0.39, 0.29) is 6.04 Å². The summed E-state index contributed by atoms with van der Waals surface area (Å²) < 4.78 is 5.68. The summed E-state index contributed by atoms with van der Waals surface area (Å²) >= 11 is 1.80. The zero-order chi connectivity index (χ0) is 11.4. The van der Waals surface area contributed by atoms with Crippen LogP contribution < -0.4 is 10.5 Å². The fourth-order valence-electron chi connectivity index (χ4n) is 2.15. The Morgan fingerprint density at radius 1 is 1.50 bits per heavy atom. The molecule has 1 aliphatic carbocycles. The summed E-state index contributed by atoms with van der Waals surface area (Å²) in [6.45, 7) is 0.773. The smallest absolute Gasteiger partial charge is 0.119 e. The van der Waals surface area contributed by atoms with Crippen LogP contribution in [0.15, 0.2) is 18.2 Å². The summed E-state index contributed by atoms with van der Waals surface area (Å²) in [6, 6.07) is 6.56. The molecule has 2 N–H and O–H groups in total. The Bertz CT molecular complexity index is 354. The number of rotatable bonds is 4. The molecule has 0 amide bonds. The Hall–Kier alpha value is -0.670. The van der Waals surface area contributed by atoms with Gasteiger partial charge in [0.15, 0.2) is 0 Å². The van der Waals surface area contributed by atoms with E-state index in [0.717, 1.165) is 31.0 Å². The van der Waals surface area contributed by atoms with Gasteiger partial charge in [-0.05, 0) is 48.8 Å². The predicted octanol–water partition coefficient (Wildman–Crippen LogP) is 2.76. The van der Waals surface area contributed by atoms with Gasteiger partial charge in [-0.3, -0.25) is 0 Å². The SMILES string of the molecule is CSCCOc1ccc2c(c1)C(N)CCC2. The summed E-state index contributed by atoms with van der Waals surface area (Å²) in [5.41, 5.74) is 8.79. The van der Waals surface area contributed by atoms with E-state index in [1.165, 1.54) is 17.5 Å². The van der Waals surface area contributed by atoms with Crippen molar-refractivity contribution >= 4 is 11.8 Å². The molecule has 88 valence electrons. The number of ether oxygens (including phenoxy) is 1. The van der Waals surface area contributed by atoms with E-state index in [0.29, 0.717) is 0 Å². The van der Waals surface area contributed by atoms with E-state index in [1.54, 1.807) is 11.8 Å². The minimum absolute atomic E-state index is 0.202. The highest BCUT2D eigenvalue weighted by molar-refractivity contribution is 7.98. The van der Waals surface area contributed by atoms with Crippen molar-refractivity contribution in [2.75, 3.05) is 18.6 Å². The van der Waals surface area contributed by atoms with Crippen molar-refractivity contribution in [2.24, 2.45) is 5.73 Å². The molecule has 1 aromatic carbocycles. The maximum Gasteiger partial charge on any atom is 0.119 e. The number of fused-ring (bicyclic) bond motifs is 1. The van der Waals surface area contributed by atoms with Gasteiger partial charge in [0.25, 0.3) is 0 Å². The first-order valence-electron chi connectivity index (χ1n) is 5.81. The molecule has 0 bridgehead atoms. The highest BCUT2D eigenvalue weighted by Gasteiger charge is 2.16. The molecule has 2 rings (SSSR count). The van der Waals surface area contributed by atoms with E-state index in [9.17, 15) is 0 Å². The highest BCUT2D eigenvalue weighted by atomic mass is 32.2. The lowest BCUT2D eigenvalue weighted by atomic mass is 9.88. The molecule has 1 unspecified atom stereocenters. The first-order valence-corrected chi connectivity index (χ1v) is 7.21. The average molecular weight is 237 g/mol. The molecule has 3 heteroatoms. The Morgan fingerprint density at radius 2 is 2.38 bits per heavy atom. The van der Waals surface area contributed by atoms with Crippen LogP contribution in [-0.2, 0) is 6.42 Å².